The van der Waals surface area contributed by atoms with Crippen LogP contribution in [0.4, 0.5) is 5.82 Å². The number of piperazine rings is 1. The van der Waals surface area contributed by atoms with Gasteiger partial charge in [0.15, 0.2) is 0 Å². The lowest BCUT2D eigenvalue weighted by molar-refractivity contribution is 0.180. The molecule has 1 fully saturated rings. The lowest BCUT2D eigenvalue weighted by atomic mass is 10.0. The third kappa shape index (κ3) is 5.66. The van der Waals surface area contributed by atoms with Crippen molar-refractivity contribution in [2.45, 2.75) is 53.1 Å². The number of rotatable bonds is 9. The number of hydrogen-bond donors (Lipinski definition) is 0. The minimum absolute atomic E-state index is 0.134. The minimum Gasteiger partial charge on any atom is -0.378 e. The van der Waals surface area contributed by atoms with E-state index in [1.54, 1.807) is 18.3 Å². The molecule has 1 atom stereocenters. The van der Waals surface area contributed by atoms with Crippen LogP contribution in [-0.4, -0.2) is 61.7 Å². The number of aromatic nitrogens is 2. The van der Waals surface area contributed by atoms with Crippen molar-refractivity contribution < 1.29 is 13.2 Å². The maximum Gasteiger partial charge on any atom is 0.213 e. The van der Waals surface area contributed by atoms with E-state index in [4.69, 9.17) is 14.7 Å². The van der Waals surface area contributed by atoms with E-state index in [0.29, 0.717) is 39.2 Å². The summed E-state index contributed by atoms with van der Waals surface area (Å²) in [6.45, 7) is 10.7. The van der Waals surface area contributed by atoms with Gasteiger partial charge in [-0.1, -0.05) is 43.7 Å². The summed E-state index contributed by atoms with van der Waals surface area (Å²) in [4.78, 5) is 12.2. The number of hydrogen-bond acceptors (Lipinski definition) is 6. The molecule has 1 saturated heterocycles. The zero-order valence-corrected chi connectivity index (χ0v) is 20.8. The topological polar surface area (TPSA) is 75.6 Å². The average molecular weight is 461 g/mol. The van der Waals surface area contributed by atoms with Gasteiger partial charge in [0, 0.05) is 51.2 Å². The molecule has 1 aromatic carbocycles. The molecule has 1 aliphatic rings. The van der Waals surface area contributed by atoms with Gasteiger partial charge in [0.1, 0.15) is 11.6 Å². The van der Waals surface area contributed by atoms with Crippen LogP contribution in [0, 0.1) is 6.92 Å². The van der Waals surface area contributed by atoms with Crippen LogP contribution >= 0.6 is 0 Å². The summed E-state index contributed by atoms with van der Waals surface area (Å²) in [6.07, 6.45) is 1.66. The predicted molar refractivity (Wildman–Crippen MR) is 129 cm³/mol. The zero-order chi connectivity index (χ0) is 23.3. The van der Waals surface area contributed by atoms with Gasteiger partial charge in [-0.05, 0) is 25.8 Å². The smallest absolute Gasteiger partial charge is 0.213 e. The highest BCUT2D eigenvalue weighted by molar-refractivity contribution is 7.89. The van der Waals surface area contributed by atoms with Gasteiger partial charge in [-0.3, -0.25) is 0 Å². The lowest BCUT2D eigenvalue weighted by Crippen LogP contribution is -2.49. The van der Waals surface area contributed by atoms with Crippen LogP contribution in [0.25, 0.3) is 0 Å². The Morgan fingerprint density at radius 1 is 1.12 bits per heavy atom. The number of ether oxygens (including phenoxy) is 1. The highest BCUT2D eigenvalue weighted by Gasteiger charge is 2.29. The molecule has 2 aromatic rings. The van der Waals surface area contributed by atoms with Crippen molar-refractivity contribution in [2.75, 3.05) is 43.9 Å². The molecule has 2 heterocycles. The van der Waals surface area contributed by atoms with Crippen molar-refractivity contribution in [3.05, 3.63) is 52.5 Å². The summed E-state index contributed by atoms with van der Waals surface area (Å²) < 4.78 is 31.8. The Hall–Kier alpha value is -2.03. The van der Waals surface area contributed by atoms with E-state index in [-0.39, 0.29) is 11.7 Å². The van der Waals surface area contributed by atoms with Crippen molar-refractivity contribution in [3.8, 4) is 0 Å². The van der Waals surface area contributed by atoms with Crippen LogP contribution in [0.3, 0.4) is 0 Å². The van der Waals surface area contributed by atoms with E-state index in [0.717, 1.165) is 29.3 Å². The fourth-order valence-corrected chi connectivity index (χ4v) is 5.11. The van der Waals surface area contributed by atoms with Crippen molar-refractivity contribution in [3.63, 3.8) is 0 Å². The average Bonchev–Trinajstić information content (AvgIpc) is 2.79. The van der Waals surface area contributed by atoms with Gasteiger partial charge in [-0.2, -0.15) is 4.31 Å². The summed E-state index contributed by atoms with van der Waals surface area (Å²) in [5, 5.41) is 0. The van der Waals surface area contributed by atoms with Crippen molar-refractivity contribution >= 4 is 15.8 Å². The number of nitrogens with zero attached hydrogens (tertiary/aromatic N) is 4. The van der Waals surface area contributed by atoms with Crippen LogP contribution in [0.15, 0.2) is 24.3 Å². The number of methoxy groups -OCH3 is 1. The molecule has 0 saturated carbocycles. The third-order valence-corrected chi connectivity index (χ3v) is 8.06. The van der Waals surface area contributed by atoms with E-state index in [1.165, 1.54) is 11.1 Å². The lowest BCUT2D eigenvalue weighted by Gasteiger charge is -2.36. The SMILES string of the molecule is CCC(C)c1nc(COC)c(Cc2cccc(C)c2)c(N2CCN(S(=O)(=O)CC)CC2)n1. The summed E-state index contributed by atoms with van der Waals surface area (Å²) in [5.74, 6) is 2.11. The molecule has 7 nitrogen and oxygen atoms in total. The molecular weight excluding hydrogens is 424 g/mol. The van der Waals surface area contributed by atoms with Gasteiger partial charge in [-0.25, -0.2) is 18.4 Å². The fourth-order valence-electron chi connectivity index (χ4n) is 4.02. The number of anilines is 1. The Morgan fingerprint density at radius 2 is 1.84 bits per heavy atom. The van der Waals surface area contributed by atoms with Gasteiger partial charge in [0.05, 0.1) is 18.1 Å². The Morgan fingerprint density at radius 3 is 2.44 bits per heavy atom. The molecule has 1 unspecified atom stereocenters. The van der Waals surface area contributed by atoms with E-state index in [2.05, 4.69) is 49.9 Å². The van der Waals surface area contributed by atoms with Gasteiger partial charge >= 0.3 is 0 Å². The molecule has 0 spiro atoms. The van der Waals surface area contributed by atoms with E-state index in [1.807, 2.05) is 0 Å². The Labute approximate surface area is 192 Å². The van der Waals surface area contributed by atoms with E-state index < -0.39 is 10.0 Å². The maximum absolute atomic E-state index is 12.3. The van der Waals surface area contributed by atoms with Crippen LogP contribution in [0.2, 0.25) is 0 Å². The highest BCUT2D eigenvalue weighted by atomic mass is 32.2. The van der Waals surface area contributed by atoms with Gasteiger partial charge in [0.25, 0.3) is 0 Å². The molecule has 1 aromatic heterocycles. The zero-order valence-electron chi connectivity index (χ0n) is 20.0. The molecule has 1 aliphatic heterocycles. The molecule has 0 bridgehead atoms. The second-order valence-corrected chi connectivity index (χ2v) is 10.8. The van der Waals surface area contributed by atoms with Gasteiger partial charge in [0.2, 0.25) is 10.0 Å². The molecule has 0 radical (unpaired) electrons. The van der Waals surface area contributed by atoms with E-state index in [9.17, 15) is 8.42 Å². The number of aryl methyl sites for hydroxylation is 1. The summed E-state index contributed by atoms with van der Waals surface area (Å²) in [7, 11) is -1.49. The minimum atomic E-state index is -3.18. The second-order valence-electron chi connectivity index (χ2n) is 8.53. The first-order valence-electron chi connectivity index (χ1n) is 11.5. The van der Waals surface area contributed by atoms with Crippen molar-refractivity contribution in [2.24, 2.45) is 0 Å². The molecule has 176 valence electrons. The third-order valence-electron chi connectivity index (χ3n) is 6.18. The molecular formula is C24H36N4O3S. The maximum atomic E-state index is 12.3. The molecule has 0 N–H and O–H groups in total. The largest absolute Gasteiger partial charge is 0.378 e. The van der Waals surface area contributed by atoms with Crippen LogP contribution in [-0.2, 0) is 27.8 Å². The molecule has 0 amide bonds. The van der Waals surface area contributed by atoms with Crippen LogP contribution in [0.1, 0.15) is 61.3 Å². The Kier molecular flexibility index (Phi) is 8.25. The second kappa shape index (κ2) is 10.7. The van der Waals surface area contributed by atoms with Gasteiger partial charge in [-0.15, -0.1) is 0 Å². The summed E-state index contributed by atoms with van der Waals surface area (Å²) in [5.41, 5.74) is 4.40. The Bertz CT molecular complexity index is 1020. The molecule has 32 heavy (non-hydrogen) atoms. The number of benzene rings is 1. The fraction of sp³-hybridized carbons (Fsp3) is 0.583. The molecule has 3 rings (SSSR count). The first kappa shape index (κ1) is 24.6. The molecule has 0 aliphatic carbocycles. The monoisotopic (exact) mass is 460 g/mol. The summed E-state index contributed by atoms with van der Waals surface area (Å²) >= 11 is 0. The standard InChI is InChI=1S/C24H36N4O3S/c1-6-19(4)23-25-22(17-31-5)21(16-20-10-8-9-18(3)15-20)24(26-23)27-11-13-28(14-12-27)32(29,30)7-2/h8-10,15,19H,6-7,11-14,16-17H2,1-5H3. The number of sulfonamides is 1. The quantitative estimate of drug-likeness (QED) is 0.570. The van der Waals surface area contributed by atoms with E-state index >= 15 is 0 Å². The first-order chi connectivity index (χ1) is 15.3. The van der Waals surface area contributed by atoms with Crippen molar-refractivity contribution in [1.82, 2.24) is 14.3 Å². The van der Waals surface area contributed by atoms with Crippen molar-refractivity contribution in [1.29, 1.82) is 0 Å². The highest BCUT2D eigenvalue weighted by Crippen LogP contribution is 2.29. The van der Waals surface area contributed by atoms with Crippen LogP contribution in [0.5, 0.6) is 0 Å². The van der Waals surface area contributed by atoms with Crippen LogP contribution < -0.4 is 4.90 Å². The van der Waals surface area contributed by atoms with Gasteiger partial charge < -0.3 is 9.64 Å². The normalized spacial score (nSPS) is 16.3. The first-order valence-corrected chi connectivity index (χ1v) is 13.1. The Balaban J connectivity index is 2.02. The molecule has 8 heteroatoms. The summed E-state index contributed by atoms with van der Waals surface area (Å²) in [6, 6.07) is 8.48. The predicted octanol–water partition coefficient (Wildman–Crippen LogP) is 3.51.